The summed E-state index contributed by atoms with van der Waals surface area (Å²) in [5.41, 5.74) is -1.12. The minimum Gasteiger partial charge on any atom is -0.298 e. The molecular formula is C18H9Cl2F3N2O2S. The third-order valence-electron chi connectivity index (χ3n) is 3.79. The van der Waals surface area contributed by atoms with Crippen molar-refractivity contribution in [3.63, 3.8) is 0 Å². The molecule has 0 atom stereocenters. The molecule has 3 rings (SSSR count). The number of amides is 2. The van der Waals surface area contributed by atoms with Gasteiger partial charge in [-0.1, -0.05) is 29.3 Å². The molecule has 28 heavy (non-hydrogen) atoms. The Labute approximate surface area is 172 Å². The lowest BCUT2D eigenvalue weighted by molar-refractivity contribution is -0.137. The predicted octanol–water partition coefficient (Wildman–Crippen LogP) is 4.84. The van der Waals surface area contributed by atoms with Gasteiger partial charge in [0.25, 0.3) is 11.8 Å². The molecular weight excluding hydrogens is 436 g/mol. The first kappa shape index (κ1) is 20.3. The van der Waals surface area contributed by atoms with E-state index in [9.17, 15) is 22.8 Å². The Morgan fingerprint density at radius 1 is 1.04 bits per heavy atom. The minimum atomic E-state index is -4.68. The lowest BCUT2D eigenvalue weighted by Crippen LogP contribution is -2.54. The van der Waals surface area contributed by atoms with Gasteiger partial charge in [-0.05, 0) is 60.3 Å². The molecule has 1 fully saturated rings. The molecule has 144 valence electrons. The highest BCUT2D eigenvalue weighted by atomic mass is 35.5. The molecule has 2 amide bonds. The van der Waals surface area contributed by atoms with Crippen molar-refractivity contribution in [2.45, 2.75) is 6.18 Å². The van der Waals surface area contributed by atoms with Crippen LogP contribution in [-0.2, 0) is 15.8 Å². The molecule has 0 aliphatic carbocycles. The molecule has 1 N–H and O–H groups in total. The summed E-state index contributed by atoms with van der Waals surface area (Å²) in [6, 6.07) is 9.17. The van der Waals surface area contributed by atoms with Crippen LogP contribution in [0, 0.1) is 0 Å². The number of nitrogens with zero attached hydrogens (tertiary/aromatic N) is 1. The number of rotatable bonds is 2. The van der Waals surface area contributed by atoms with Gasteiger partial charge < -0.3 is 0 Å². The van der Waals surface area contributed by atoms with Gasteiger partial charge in [0.2, 0.25) is 0 Å². The number of benzene rings is 2. The van der Waals surface area contributed by atoms with Crippen LogP contribution in [0.2, 0.25) is 10.0 Å². The Hall–Kier alpha value is -2.42. The van der Waals surface area contributed by atoms with E-state index in [2.05, 4.69) is 5.32 Å². The van der Waals surface area contributed by atoms with Crippen molar-refractivity contribution < 1.29 is 22.8 Å². The fourth-order valence-electron chi connectivity index (χ4n) is 2.50. The van der Waals surface area contributed by atoms with Gasteiger partial charge in [0.15, 0.2) is 5.11 Å². The molecule has 1 heterocycles. The molecule has 2 aromatic carbocycles. The monoisotopic (exact) mass is 444 g/mol. The average molecular weight is 445 g/mol. The predicted molar refractivity (Wildman–Crippen MR) is 104 cm³/mol. The summed E-state index contributed by atoms with van der Waals surface area (Å²) in [7, 11) is 0. The third-order valence-corrected chi connectivity index (χ3v) is 4.66. The lowest BCUT2D eigenvalue weighted by Gasteiger charge is -2.29. The maximum atomic E-state index is 13.0. The Kier molecular flexibility index (Phi) is 5.47. The van der Waals surface area contributed by atoms with Gasteiger partial charge in [0, 0.05) is 5.02 Å². The summed E-state index contributed by atoms with van der Waals surface area (Å²) < 4.78 is 39.1. The smallest absolute Gasteiger partial charge is 0.298 e. The van der Waals surface area contributed by atoms with E-state index < -0.39 is 28.6 Å². The van der Waals surface area contributed by atoms with E-state index in [0.717, 1.165) is 23.1 Å². The summed E-state index contributed by atoms with van der Waals surface area (Å²) >= 11 is 16.5. The van der Waals surface area contributed by atoms with Crippen LogP contribution in [0.1, 0.15) is 11.1 Å². The van der Waals surface area contributed by atoms with Gasteiger partial charge in [0.05, 0.1) is 16.3 Å². The van der Waals surface area contributed by atoms with Gasteiger partial charge in [-0.2, -0.15) is 13.2 Å². The van der Waals surface area contributed by atoms with Crippen molar-refractivity contribution in [1.29, 1.82) is 0 Å². The molecule has 1 saturated heterocycles. The van der Waals surface area contributed by atoms with Crippen LogP contribution in [0.15, 0.2) is 48.0 Å². The Morgan fingerprint density at radius 2 is 1.68 bits per heavy atom. The van der Waals surface area contributed by atoms with Crippen LogP contribution >= 0.6 is 35.4 Å². The molecule has 0 spiro atoms. The standard InChI is InChI=1S/C18H9Cl2F3N2O2S/c19-10-2-4-11(5-3-10)25-16(27)12(15(26)24-17(25)28)7-9-1-6-14(20)13(8-9)18(21,22)23/h1-8H,(H,24,26,28)/b12-7+. The summed E-state index contributed by atoms with van der Waals surface area (Å²) in [6.45, 7) is 0. The van der Waals surface area contributed by atoms with E-state index in [1.165, 1.54) is 30.3 Å². The van der Waals surface area contributed by atoms with Crippen LogP contribution in [-0.4, -0.2) is 16.9 Å². The van der Waals surface area contributed by atoms with E-state index in [4.69, 9.17) is 35.4 Å². The number of carbonyl (C=O) groups is 2. The third kappa shape index (κ3) is 4.04. The first-order chi connectivity index (χ1) is 13.1. The van der Waals surface area contributed by atoms with Crippen LogP contribution < -0.4 is 10.2 Å². The molecule has 0 bridgehead atoms. The number of carbonyl (C=O) groups excluding carboxylic acids is 2. The highest BCUT2D eigenvalue weighted by molar-refractivity contribution is 7.80. The average Bonchev–Trinajstić information content (AvgIpc) is 2.60. The number of alkyl halides is 3. The lowest BCUT2D eigenvalue weighted by atomic mass is 10.0. The van der Waals surface area contributed by atoms with Crippen molar-refractivity contribution in [1.82, 2.24) is 5.32 Å². The van der Waals surface area contributed by atoms with Crippen molar-refractivity contribution >= 4 is 64.1 Å². The highest BCUT2D eigenvalue weighted by Gasteiger charge is 2.36. The van der Waals surface area contributed by atoms with Crippen LogP contribution in [0.4, 0.5) is 18.9 Å². The Morgan fingerprint density at radius 3 is 2.29 bits per heavy atom. The number of hydrogen-bond acceptors (Lipinski definition) is 3. The number of anilines is 1. The van der Waals surface area contributed by atoms with Crippen molar-refractivity contribution in [3.05, 3.63) is 69.2 Å². The van der Waals surface area contributed by atoms with Gasteiger partial charge in [-0.3, -0.25) is 19.8 Å². The maximum Gasteiger partial charge on any atom is 0.417 e. The molecule has 1 aliphatic heterocycles. The molecule has 10 heteroatoms. The number of nitrogens with one attached hydrogen (secondary N) is 1. The van der Waals surface area contributed by atoms with E-state index in [1.807, 2.05) is 0 Å². The van der Waals surface area contributed by atoms with E-state index in [0.29, 0.717) is 10.7 Å². The van der Waals surface area contributed by atoms with Crippen molar-refractivity contribution in [3.8, 4) is 0 Å². The zero-order valence-electron chi connectivity index (χ0n) is 13.7. The van der Waals surface area contributed by atoms with Crippen LogP contribution in [0.5, 0.6) is 0 Å². The van der Waals surface area contributed by atoms with E-state index in [-0.39, 0.29) is 16.2 Å². The fraction of sp³-hybridized carbons (Fsp3) is 0.0556. The highest BCUT2D eigenvalue weighted by Crippen LogP contribution is 2.35. The Balaban J connectivity index is 2.03. The quantitative estimate of drug-likeness (QED) is 0.409. The molecule has 0 aromatic heterocycles. The summed E-state index contributed by atoms with van der Waals surface area (Å²) in [5.74, 6) is -1.59. The van der Waals surface area contributed by atoms with Crippen molar-refractivity contribution in [2.24, 2.45) is 0 Å². The van der Waals surface area contributed by atoms with Crippen molar-refractivity contribution in [2.75, 3.05) is 4.90 Å². The van der Waals surface area contributed by atoms with Crippen LogP contribution in [0.25, 0.3) is 6.08 Å². The molecule has 1 aliphatic rings. The van der Waals surface area contributed by atoms with Gasteiger partial charge in [0.1, 0.15) is 5.57 Å². The summed E-state index contributed by atoms with van der Waals surface area (Å²) in [6.07, 6.45) is -3.63. The second-order valence-corrected chi connectivity index (χ2v) is 6.90. The first-order valence-electron chi connectivity index (χ1n) is 7.61. The first-order valence-corrected chi connectivity index (χ1v) is 8.78. The molecule has 4 nitrogen and oxygen atoms in total. The van der Waals surface area contributed by atoms with E-state index >= 15 is 0 Å². The summed E-state index contributed by atoms with van der Waals surface area (Å²) in [4.78, 5) is 26.1. The van der Waals surface area contributed by atoms with Gasteiger partial charge >= 0.3 is 6.18 Å². The van der Waals surface area contributed by atoms with E-state index in [1.54, 1.807) is 0 Å². The topological polar surface area (TPSA) is 49.4 Å². The minimum absolute atomic E-state index is 0.0147. The van der Waals surface area contributed by atoms with Gasteiger partial charge in [-0.25, -0.2) is 0 Å². The molecule has 0 radical (unpaired) electrons. The number of halogens is 5. The number of hydrogen-bond donors (Lipinski definition) is 1. The second kappa shape index (κ2) is 7.54. The molecule has 2 aromatic rings. The van der Waals surface area contributed by atoms with Crippen LogP contribution in [0.3, 0.4) is 0 Å². The summed E-state index contributed by atoms with van der Waals surface area (Å²) in [5, 5.41) is 2.14. The maximum absolute atomic E-state index is 13.0. The second-order valence-electron chi connectivity index (χ2n) is 5.67. The molecule has 0 unspecified atom stereocenters. The van der Waals surface area contributed by atoms with Gasteiger partial charge in [-0.15, -0.1) is 0 Å². The SMILES string of the molecule is O=C1NC(=S)N(c2ccc(Cl)cc2)C(=O)/C1=C/c1ccc(Cl)c(C(F)(F)F)c1. The largest absolute Gasteiger partial charge is 0.417 e. The number of thiocarbonyl (C=S) groups is 1. The Bertz CT molecular complexity index is 1020. The fourth-order valence-corrected chi connectivity index (χ4v) is 3.13. The normalized spacial score (nSPS) is 16.5. The zero-order chi connectivity index (χ0) is 20.6. The molecule has 0 saturated carbocycles. The zero-order valence-corrected chi connectivity index (χ0v) is 16.0.